The minimum absolute atomic E-state index is 0.0293. The second-order valence-electron chi connectivity index (χ2n) is 5.75. The quantitative estimate of drug-likeness (QED) is 0.850. The Morgan fingerprint density at radius 1 is 1.30 bits per heavy atom. The van der Waals surface area contributed by atoms with Crippen LogP contribution in [0, 0.1) is 5.92 Å². The first-order valence-electron chi connectivity index (χ1n) is 7.10. The molecule has 0 saturated heterocycles. The Kier molecular flexibility index (Phi) is 3.76. The van der Waals surface area contributed by atoms with E-state index >= 15 is 0 Å². The van der Waals surface area contributed by atoms with Crippen LogP contribution in [0.2, 0.25) is 0 Å². The lowest BCUT2D eigenvalue weighted by Gasteiger charge is -2.27. The molecule has 1 aliphatic carbocycles. The normalized spacial score (nSPS) is 26.9. The number of carbonyl (C=O) groups is 1. The first-order chi connectivity index (χ1) is 10.7. The molecule has 8 heteroatoms. The summed E-state index contributed by atoms with van der Waals surface area (Å²) in [6.45, 7) is -0.176. The molecule has 1 fully saturated rings. The van der Waals surface area contributed by atoms with E-state index in [9.17, 15) is 22.0 Å². The van der Waals surface area contributed by atoms with Crippen molar-refractivity contribution in [2.75, 3.05) is 13.1 Å². The van der Waals surface area contributed by atoms with Crippen LogP contribution in [0.15, 0.2) is 41.3 Å². The number of rotatable bonds is 4. The van der Waals surface area contributed by atoms with E-state index in [1.807, 2.05) is 0 Å². The zero-order chi connectivity index (χ0) is 16.8. The summed E-state index contributed by atoms with van der Waals surface area (Å²) in [6, 6.07) is 5.70. The van der Waals surface area contributed by atoms with Crippen LogP contribution in [0.3, 0.4) is 0 Å². The summed E-state index contributed by atoms with van der Waals surface area (Å²) < 4.78 is 53.3. The summed E-state index contributed by atoms with van der Waals surface area (Å²) in [7, 11) is -4.03. The molecular formula is C15H15F2NO4S. The van der Waals surface area contributed by atoms with Crippen molar-refractivity contribution < 1.29 is 27.1 Å². The van der Waals surface area contributed by atoms with Crippen molar-refractivity contribution in [1.29, 1.82) is 0 Å². The maximum Gasteiger partial charge on any atom is 0.311 e. The van der Waals surface area contributed by atoms with E-state index in [2.05, 4.69) is 0 Å². The fourth-order valence-corrected chi connectivity index (χ4v) is 4.42. The van der Waals surface area contributed by atoms with Gasteiger partial charge >= 0.3 is 5.97 Å². The maximum absolute atomic E-state index is 13.4. The largest absolute Gasteiger partial charge is 0.481 e. The van der Waals surface area contributed by atoms with Crippen molar-refractivity contribution in [2.24, 2.45) is 5.92 Å². The van der Waals surface area contributed by atoms with Crippen molar-refractivity contribution >= 4 is 16.0 Å². The number of benzene rings is 1. The first kappa shape index (κ1) is 16.1. The van der Waals surface area contributed by atoms with E-state index in [0.29, 0.717) is 0 Å². The van der Waals surface area contributed by atoms with E-state index in [0.717, 1.165) is 4.31 Å². The SMILES string of the molecule is O=C(O)C1C=CCN(S(=O)(=O)c2ccccc2C2CC2(F)F)C1. The molecular weight excluding hydrogens is 328 g/mol. The van der Waals surface area contributed by atoms with Crippen LogP contribution in [-0.4, -0.2) is 42.8 Å². The lowest BCUT2D eigenvalue weighted by atomic mass is 10.1. The second kappa shape index (κ2) is 5.38. The fraction of sp³-hybridized carbons (Fsp3) is 0.400. The van der Waals surface area contributed by atoms with E-state index < -0.39 is 33.8 Å². The van der Waals surface area contributed by atoms with Gasteiger partial charge in [0.05, 0.1) is 16.7 Å². The molecule has 3 rings (SSSR count). The van der Waals surface area contributed by atoms with Crippen LogP contribution in [0.25, 0.3) is 0 Å². The third-order valence-corrected chi connectivity index (χ3v) is 6.04. The van der Waals surface area contributed by atoms with Gasteiger partial charge in [-0.25, -0.2) is 17.2 Å². The summed E-state index contributed by atoms with van der Waals surface area (Å²) in [4.78, 5) is 10.9. The number of hydrogen-bond donors (Lipinski definition) is 1. The van der Waals surface area contributed by atoms with Gasteiger partial charge in [0.15, 0.2) is 0 Å². The van der Waals surface area contributed by atoms with Gasteiger partial charge in [-0.1, -0.05) is 30.4 Å². The Morgan fingerprint density at radius 2 is 1.96 bits per heavy atom. The Morgan fingerprint density at radius 3 is 2.57 bits per heavy atom. The lowest BCUT2D eigenvalue weighted by Crippen LogP contribution is -2.40. The van der Waals surface area contributed by atoms with Crippen LogP contribution in [-0.2, 0) is 14.8 Å². The third kappa shape index (κ3) is 2.88. The highest BCUT2D eigenvalue weighted by molar-refractivity contribution is 7.89. The molecule has 0 amide bonds. The van der Waals surface area contributed by atoms with Crippen LogP contribution in [0.1, 0.15) is 17.9 Å². The minimum atomic E-state index is -4.03. The molecule has 23 heavy (non-hydrogen) atoms. The van der Waals surface area contributed by atoms with Gasteiger partial charge in [0, 0.05) is 19.5 Å². The molecule has 1 saturated carbocycles. The number of alkyl halides is 2. The average Bonchev–Trinajstić information content (AvgIpc) is 3.16. The van der Waals surface area contributed by atoms with Gasteiger partial charge in [0.25, 0.3) is 5.92 Å². The van der Waals surface area contributed by atoms with Crippen LogP contribution >= 0.6 is 0 Å². The minimum Gasteiger partial charge on any atom is -0.481 e. The highest BCUT2D eigenvalue weighted by Gasteiger charge is 2.58. The number of carboxylic acid groups (broad SMARTS) is 1. The summed E-state index contributed by atoms with van der Waals surface area (Å²) in [5.74, 6) is -6.03. The van der Waals surface area contributed by atoms with Crippen LogP contribution in [0.4, 0.5) is 8.78 Å². The van der Waals surface area contributed by atoms with Crippen LogP contribution in [0.5, 0.6) is 0 Å². The molecule has 0 aromatic heterocycles. The number of hydrogen-bond acceptors (Lipinski definition) is 3. The molecule has 2 atom stereocenters. The van der Waals surface area contributed by atoms with Gasteiger partial charge in [-0.3, -0.25) is 4.79 Å². The number of carboxylic acids is 1. The topological polar surface area (TPSA) is 74.7 Å². The van der Waals surface area contributed by atoms with Gasteiger partial charge in [0.2, 0.25) is 10.0 Å². The molecule has 0 radical (unpaired) electrons. The average molecular weight is 343 g/mol. The predicted molar refractivity (Wildman–Crippen MR) is 77.8 cm³/mol. The summed E-state index contributed by atoms with van der Waals surface area (Å²) in [5, 5.41) is 9.04. The molecule has 5 nitrogen and oxygen atoms in total. The van der Waals surface area contributed by atoms with Crippen molar-refractivity contribution in [3.8, 4) is 0 Å². The fourth-order valence-electron chi connectivity index (χ4n) is 2.75. The van der Waals surface area contributed by atoms with E-state index in [4.69, 9.17) is 5.11 Å². The first-order valence-corrected chi connectivity index (χ1v) is 8.54. The molecule has 124 valence electrons. The van der Waals surface area contributed by atoms with Gasteiger partial charge in [-0.2, -0.15) is 4.31 Å². The molecule has 1 aromatic carbocycles. The van der Waals surface area contributed by atoms with Gasteiger partial charge in [0.1, 0.15) is 0 Å². The van der Waals surface area contributed by atoms with Gasteiger partial charge < -0.3 is 5.11 Å². The Hall–Kier alpha value is -1.80. The molecule has 2 unspecified atom stereocenters. The Bertz CT molecular complexity index is 775. The summed E-state index contributed by atoms with van der Waals surface area (Å²) >= 11 is 0. The van der Waals surface area contributed by atoms with E-state index in [1.165, 1.54) is 36.4 Å². The second-order valence-corrected chi connectivity index (χ2v) is 7.66. The number of sulfonamides is 1. The molecule has 1 aromatic rings. The van der Waals surface area contributed by atoms with Crippen LogP contribution < -0.4 is 0 Å². The van der Waals surface area contributed by atoms with Crippen molar-refractivity contribution in [2.45, 2.75) is 23.2 Å². The third-order valence-electron chi connectivity index (χ3n) is 4.13. The molecule has 0 bridgehead atoms. The van der Waals surface area contributed by atoms with Crippen molar-refractivity contribution in [3.05, 3.63) is 42.0 Å². The number of nitrogens with zero attached hydrogens (tertiary/aromatic N) is 1. The maximum atomic E-state index is 13.4. The summed E-state index contributed by atoms with van der Waals surface area (Å²) in [6.07, 6.45) is 2.54. The number of halogens is 2. The van der Waals surface area contributed by atoms with E-state index in [1.54, 1.807) is 0 Å². The highest BCUT2D eigenvalue weighted by atomic mass is 32.2. The molecule has 1 aliphatic heterocycles. The zero-order valence-electron chi connectivity index (χ0n) is 12.0. The molecule has 0 spiro atoms. The van der Waals surface area contributed by atoms with Crippen molar-refractivity contribution in [1.82, 2.24) is 4.31 Å². The highest BCUT2D eigenvalue weighted by Crippen LogP contribution is 2.57. The standard InChI is InChI=1S/C15H15F2NO4S/c16-15(17)8-12(15)11-5-1-2-6-13(11)23(21,22)18-7-3-4-10(9-18)14(19)20/h1-6,10,12H,7-9H2,(H,19,20). The zero-order valence-corrected chi connectivity index (χ0v) is 12.8. The Balaban J connectivity index is 1.95. The monoisotopic (exact) mass is 343 g/mol. The molecule has 1 heterocycles. The van der Waals surface area contributed by atoms with E-state index in [-0.39, 0.29) is 30.0 Å². The summed E-state index contributed by atoms with van der Waals surface area (Å²) in [5.41, 5.74) is 0.0962. The smallest absolute Gasteiger partial charge is 0.311 e. The predicted octanol–water partition coefficient (Wildman–Crippen LogP) is 2.07. The van der Waals surface area contributed by atoms with Gasteiger partial charge in [-0.05, 0) is 11.6 Å². The number of aliphatic carboxylic acids is 1. The molecule has 2 aliphatic rings. The Labute approximate surface area is 132 Å². The van der Waals surface area contributed by atoms with Crippen molar-refractivity contribution in [3.63, 3.8) is 0 Å². The lowest BCUT2D eigenvalue weighted by molar-refractivity contribution is -0.140. The van der Waals surface area contributed by atoms with Gasteiger partial charge in [-0.15, -0.1) is 0 Å². The molecule has 1 N–H and O–H groups in total.